The Morgan fingerprint density at radius 1 is 1.22 bits per heavy atom. The summed E-state index contributed by atoms with van der Waals surface area (Å²) in [6, 6.07) is 17.3. The van der Waals surface area contributed by atoms with E-state index >= 15 is 0 Å². The Morgan fingerprint density at radius 2 is 2.00 bits per heavy atom. The summed E-state index contributed by atoms with van der Waals surface area (Å²) >= 11 is 1.57. The Bertz CT molecular complexity index is 804. The number of thioether (sulfide) groups is 1. The predicted molar refractivity (Wildman–Crippen MR) is 108 cm³/mol. The van der Waals surface area contributed by atoms with Gasteiger partial charge in [-0.2, -0.15) is 5.26 Å². The van der Waals surface area contributed by atoms with Gasteiger partial charge in [-0.15, -0.1) is 11.8 Å². The first-order valence-electron chi connectivity index (χ1n) is 8.71. The maximum Gasteiger partial charge on any atom is 0.253 e. The van der Waals surface area contributed by atoms with Crippen LogP contribution in [0.15, 0.2) is 53.4 Å². The molecule has 1 amide bonds. The minimum absolute atomic E-state index is 0.148. The molecule has 0 aliphatic carbocycles. The van der Waals surface area contributed by atoms with Crippen LogP contribution < -0.4 is 10.1 Å². The van der Waals surface area contributed by atoms with Crippen molar-refractivity contribution in [1.82, 2.24) is 0 Å². The highest BCUT2D eigenvalue weighted by molar-refractivity contribution is 8.00. The van der Waals surface area contributed by atoms with Gasteiger partial charge in [0.1, 0.15) is 11.9 Å². The zero-order chi connectivity index (χ0) is 19.6. The molecule has 2 aromatic rings. The van der Waals surface area contributed by atoms with Crippen molar-refractivity contribution in [3.63, 3.8) is 0 Å². The molecule has 0 bridgehead atoms. The van der Waals surface area contributed by atoms with Crippen molar-refractivity contribution in [2.24, 2.45) is 0 Å². The predicted octanol–water partition coefficient (Wildman–Crippen LogP) is 4.63. The van der Waals surface area contributed by atoms with Crippen LogP contribution in [0.5, 0.6) is 5.75 Å². The van der Waals surface area contributed by atoms with Crippen LogP contribution in [0.3, 0.4) is 0 Å². The highest BCUT2D eigenvalue weighted by Crippen LogP contribution is 2.31. The summed E-state index contributed by atoms with van der Waals surface area (Å²) in [7, 11) is 1.61. The minimum Gasteiger partial charge on any atom is -0.497 e. The molecule has 2 unspecified atom stereocenters. The Labute approximate surface area is 164 Å². The normalized spacial score (nSPS) is 12.7. The second kappa shape index (κ2) is 10.6. The molecule has 0 aromatic heterocycles. The third-order valence-corrected chi connectivity index (χ3v) is 5.03. The number of carbonyl (C=O) groups excluding carboxylic acids is 1. The Morgan fingerprint density at radius 3 is 2.74 bits per heavy atom. The minimum atomic E-state index is -0.606. The Balaban J connectivity index is 1.95. The maximum absolute atomic E-state index is 12.5. The zero-order valence-corrected chi connectivity index (χ0v) is 16.6. The van der Waals surface area contributed by atoms with Gasteiger partial charge >= 0.3 is 0 Å². The molecule has 142 valence electrons. The molecule has 6 heteroatoms. The van der Waals surface area contributed by atoms with Gasteiger partial charge < -0.3 is 14.8 Å². The summed E-state index contributed by atoms with van der Waals surface area (Å²) in [4.78, 5) is 13.4. The number of rotatable bonds is 9. The molecular weight excluding hydrogens is 360 g/mol. The number of hydrogen-bond acceptors (Lipinski definition) is 5. The van der Waals surface area contributed by atoms with E-state index in [9.17, 15) is 4.79 Å². The molecule has 2 aromatic carbocycles. The molecule has 1 N–H and O–H groups in total. The molecule has 2 atom stereocenters. The van der Waals surface area contributed by atoms with Crippen LogP contribution in [0.1, 0.15) is 25.8 Å². The molecular formula is C21H24N2O3S. The smallest absolute Gasteiger partial charge is 0.253 e. The lowest BCUT2D eigenvalue weighted by Crippen LogP contribution is -2.27. The van der Waals surface area contributed by atoms with Crippen molar-refractivity contribution in [3.05, 3.63) is 54.1 Å². The van der Waals surface area contributed by atoms with Crippen LogP contribution in [0.4, 0.5) is 5.69 Å². The number of nitrogens with zero attached hydrogens (tertiary/aromatic N) is 1. The topological polar surface area (TPSA) is 71.3 Å². The standard InChI is InChI=1S/C21H24N2O3S/c1-15(11-12-22)27-20-10-5-4-9-19(20)23-21(24)16(2)26-14-17-7-6-8-18(13-17)25-3/h4-10,13,15-16H,11,14H2,1-3H3,(H,23,24). The van der Waals surface area contributed by atoms with Crippen molar-refractivity contribution < 1.29 is 14.3 Å². The second-order valence-electron chi connectivity index (χ2n) is 6.08. The maximum atomic E-state index is 12.5. The van der Waals surface area contributed by atoms with E-state index in [1.807, 2.05) is 55.5 Å². The molecule has 2 rings (SSSR count). The average Bonchev–Trinajstić information content (AvgIpc) is 2.68. The monoisotopic (exact) mass is 384 g/mol. The molecule has 0 fully saturated rings. The number of hydrogen-bond donors (Lipinski definition) is 1. The third-order valence-electron chi connectivity index (χ3n) is 3.86. The lowest BCUT2D eigenvalue weighted by molar-refractivity contribution is -0.127. The van der Waals surface area contributed by atoms with E-state index in [0.29, 0.717) is 13.0 Å². The van der Waals surface area contributed by atoms with Crippen molar-refractivity contribution in [2.45, 2.75) is 43.1 Å². The van der Waals surface area contributed by atoms with Crippen molar-refractivity contribution in [1.29, 1.82) is 5.26 Å². The average molecular weight is 385 g/mol. The van der Waals surface area contributed by atoms with Crippen LogP contribution in [0.25, 0.3) is 0 Å². The van der Waals surface area contributed by atoms with Crippen LogP contribution in [-0.2, 0) is 16.1 Å². The number of methoxy groups -OCH3 is 1. The van der Waals surface area contributed by atoms with Gasteiger partial charge in [0.25, 0.3) is 5.91 Å². The quantitative estimate of drug-likeness (QED) is 0.638. The number of anilines is 1. The molecule has 0 saturated carbocycles. The van der Waals surface area contributed by atoms with E-state index in [1.54, 1.807) is 25.8 Å². The fourth-order valence-electron chi connectivity index (χ4n) is 2.35. The molecule has 0 radical (unpaired) electrons. The Kier molecular flexibility index (Phi) is 8.18. The molecule has 0 spiro atoms. The van der Waals surface area contributed by atoms with Crippen molar-refractivity contribution in [3.8, 4) is 11.8 Å². The van der Waals surface area contributed by atoms with Gasteiger partial charge in [0.2, 0.25) is 0 Å². The first-order chi connectivity index (χ1) is 13.0. The van der Waals surface area contributed by atoms with Crippen molar-refractivity contribution >= 4 is 23.4 Å². The molecule has 0 heterocycles. The molecule has 0 saturated heterocycles. The number of ether oxygens (including phenoxy) is 2. The third kappa shape index (κ3) is 6.63. The number of nitrogens with one attached hydrogen (secondary N) is 1. The summed E-state index contributed by atoms with van der Waals surface area (Å²) in [5, 5.41) is 11.9. The fraction of sp³-hybridized carbons (Fsp3) is 0.333. The van der Waals surface area contributed by atoms with E-state index in [2.05, 4.69) is 11.4 Å². The molecule has 5 nitrogen and oxygen atoms in total. The summed E-state index contributed by atoms with van der Waals surface area (Å²) in [5.41, 5.74) is 1.67. The second-order valence-corrected chi connectivity index (χ2v) is 7.56. The molecule has 27 heavy (non-hydrogen) atoms. The van der Waals surface area contributed by atoms with Crippen LogP contribution in [-0.4, -0.2) is 24.4 Å². The molecule has 0 aliphatic heterocycles. The number of benzene rings is 2. The summed E-state index contributed by atoms with van der Waals surface area (Å²) in [6.45, 7) is 4.04. The summed E-state index contributed by atoms with van der Waals surface area (Å²) in [6.07, 6.45) is -0.154. The lowest BCUT2D eigenvalue weighted by atomic mass is 10.2. The number of para-hydroxylation sites is 1. The van der Waals surface area contributed by atoms with Gasteiger partial charge in [-0.05, 0) is 36.8 Å². The van der Waals surface area contributed by atoms with Gasteiger partial charge in [0.05, 0.1) is 25.5 Å². The van der Waals surface area contributed by atoms with Gasteiger partial charge in [-0.25, -0.2) is 0 Å². The van der Waals surface area contributed by atoms with Gasteiger partial charge in [0, 0.05) is 16.6 Å². The van der Waals surface area contributed by atoms with E-state index in [0.717, 1.165) is 21.9 Å². The largest absolute Gasteiger partial charge is 0.497 e. The van der Waals surface area contributed by atoms with Crippen LogP contribution in [0, 0.1) is 11.3 Å². The van der Waals surface area contributed by atoms with E-state index in [1.165, 1.54) is 0 Å². The SMILES string of the molecule is COc1cccc(COC(C)C(=O)Nc2ccccc2SC(C)CC#N)c1. The fourth-order valence-corrected chi connectivity index (χ4v) is 3.35. The van der Waals surface area contributed by atoms with E-state index in [-0.39, 0.29) is 11.2 Å². The van der Waals surface area contributed by atoms with Crippen LogP contribution >= 0.6 is 11.8 Å². The number of amides is 1. The highest BCUT2D eigenvalue weighted by atomic mass is 32.2. The lowest BCUT2D eigenvalue weighted by Gasteiger charge is -2.16. The van der Waals surface area contributed by atoms with Gasteiger partial charge in [0.15, 0.2) is 0 Å². The van der Waals surface area contributed by atoms with E-state index < -0.39 is 6.10 Å². The van der Waals surface area contributed by atoms with Crippen molar-refractivity contribution in [2.75, 3.05) is 12.4 Å². The summed E-state index contributed by atoms with van der Waals surface area (Å²) < 4.78 is 10.9. The van der Waals surface area contributed by atoms with Gasteiger partial charge in [-0.3, -0.25) is 4.79 Å². The highest BCUT2D eigenvalue weighted by Gasteiger charge is 2.16. The van der Waals surface area contributed by atoms with Crippen LogP contribution in [0.2, 0.25) is 0 Å². The molecule has 0 aliphatic rings. The first-order valence-corrected chi connectivity index (χ1v) is 9.59. The zero-order valence-electron chi connectivity index (χ0n) is 15.8. The first kappa shape index (κ1) is 20.8. The van der Waals surface area contributed by atoms with E-state index in [4.69, 9.17) is 14.7 Å². The number of carbonyl (C=O) groups is 1. The number of nitriles is 1. The van der Waals surface area contributed by atoms with Gasteiger partial charge in [-0.1, -0.05) is 31.2 Å². The summed E-state index contributed by atoms with van der Waals surface area (Å²) in [5.74, 6) is 0.546. The Hall–Kier alpha value is -2.49.